The van der Waals surface area contributed by atoms with E-state index in [0.717, 1.165) is 6.42 Å². The second-order valence-electron chi connectivity index (χ2n) is 6.23. The zero-order chi connectivity index (χ0) is 15.2. The third-order valence-corrected chi connectivity index (χ3v) is 4.03. The van der Waals surface area contributed by atoms with Crippen molar-refractivity contribution in [2.24, 2.45) is 0 Å². The highest BCUT2D eigenvalue weighted by Crippen LogP contribution is 2.16. The first kappa shape index (κ1) is 15.8. The first-order valence-corrected chi connectivity index (χ1v) is 7.93. The van der Waals surface area contributed by atoms with Crippen LogP contribution in [0, 0.1) is 13.8 Å². The second-order valence-corrected chi connectivity index (χ2v) is 6.23. The van der Waals surface area contributed by atoms with Crippen LogP contribution in [0.5, 0.6) is 0 Å². The van der Waals surface area contributed by atoms with Gasteiger partial charge in [0.2, 0.25) is 0 Å². The summed E-state index contributed by atoms with van der Waals surface area (Å²) in [5, 5.41) is 3.71. The van der Waals surface area contributed by atoms with Gasteiger partial charge < -0.3 is 5.32 Å². The molecule has 0 spiro atoms. The SMILES string of the molecule is Cc1cccc(CCC(C)N[C@@H](C)c2cccc(C)c2)c1. The van der Waals surface area contributed by atoms with Gasteiger partial charge in [0.15, 0.2) is 0 Å². The molecule has 2 aromatic carbocycles. The van der Waals surface area contributed by atoms with Crippen molar-refractivity contribution >= 4 is 0 Å². The fourth-order valence-electron chi connectivity index (χ4n) is 2.80. The van der Waals surface area contributed by atoms with E-state index in [1.165, 1.54) is 28.7 Å². The van der Waals surface area contributed by atoms with Crippen molar-refractivity contribution in [3.05, 3.63) is 70.8 Å². The van der Waals surface area contributed by atoms with E-state index >= 15 is 0 Å². The maximum Gasteiger partial charge on any atom is 0.0294 e. The molecular weight excluding hydrogens is 254 g/mol. The summed E-state index contributed by atoms with van der Waals surface area (Å²) in [5.74, 6) is 0. The van der Waals surface area contributed by atoms with E-state index in [-0.39, 0.29) is 0 Å². The summed E-state index contributed by atoms with van der Waals surface area (Å²) >= 11 is 0. The van der Waals surface area contributed by atoms with Crippen LogP contribution in [-0.4, -0.2) is 6.04 Å². The lowest BCUT2D eigenvalue weighted by atomic mass is 10.0. The lowest BCUT2D eigenvalue weighted by Gasteiger charge is -2.21. The Hall–Kier alpha value is -1.60. The molecule has 0 aliphatic rings. The molecule has 0 radical (unpaired) electrons. The van der Waals surface area contributed by atoms with Gasteiger partial charge in [-0.1, -0.05) is 59.7 Å². The first-order chi connectivity index (χ1) is 10.0. The minimum atomic E-state index is 0.400. The number of hydrogen-bond donors (Lipinski definition) is 1. The smallest absolute Gasteiger partial charge is 0.0294 e. The van der Waals surface area contributed by atoms with Crippen molar-refractivity contribution in [1.82, 2.24) is 5.32 Å². The zero-order valence-corrected chi connectivity index (χ0v) is 13.7. The van der Waals surface area contributed by atoms with Crippen molar-refractivity contribution in [2.75, 3.05) is 0 Å². The molecular formula is C20H27N. The highest BCUT2D eigenvalue weighted by molar-refractivity contribution is 5.25. The van der Waals surface area contributed by atoms with Gasteiger partial charge in [-0.3, -0.25) is 0 Å². The van der Waals surface area contributed by atoms with E-state index in [2.05, 4.69) is 81.5 Å². The molecule has 0 bridgehead atoms. The molecule has 0 fully saturated rings. The summed E-state index contributed by atoms with van der Waals surface area (Å²) in [6.07, 6.45) is 2.30. The van der Waals surface area contributed by atoms with Crippen LogP contribution in [0.1, 0.15) is 48.6 Å². The van der Waals surface area contributed by atoms with Crippen LogP contribution >= 0.6 is 0 Å². The van der Waals surface area contributed by atoms with Crippen molar-refractivity contribution < 1.29 is 0 Å². The average Bonchev–Trinajstić information content (AvgIpc) is 2.45. The standard InChI is InChI=1S/C20H27N/c1-15-7-5-9-19(13-15)12-11-17(3)21-18(4)20-10-6-8-16(2)14-20/h5-10,13-14,17-18,21H,11-12H2,1-4H3/t17?,18-/m0/s1. The van der Waals surface area contributed by atoms with E-state index < -0.39 is 0 Å². The van der Waals surface area contributed by atoms with Gasteiger partial charge in [0, 0.05) is 12.1 Å². The molecule has 1 unspecified atom stereocenters. The Morgan fingerprint density at radius 2 is 1.57 bits per heavy atom. The van der Waals surface area contributed by atoms with E-state index in [4.69, 9.17) is 0 Å². The van der Waals surface area contributed by atoms with E-state index in [0.29, 0.717) is 12.1 Å². The zero-order valence-electron chi connectivity index (χ0n) is 13.7. The normalized spacial score (nSPS) is 13.9. The van der Waals surface area contributed by atoms with Crippen LogP contribution < -0.4 is 5.32 Å². The summed E-state index contributed by atoms with van der Waals surface area (Å²) in [5.41, 5.74) is 5.49. The predicted octanol–water partition coefficient (Wildman–Crippen LogP) is 4.98. The Labute approximate surface area is 129 Å². The van der Waals surface area contributed by atoms with Crippen molar-refractivity contribution in [3.63, 3.8) is 0 Å². The number of nitrogens with one attached hydrogen (secondary N) is 1. The molecule has 0 aliphatic heterocycles. The Morgan fingerprint density at radius 1 is 0.905 bits per heavy atom. The van der Waals surface area contributed by atoms with Crippen LogP contribution in [0.15, 0.2) is 48.5 Å². The fraction of sp³-hybridized carbons (Fsp3) is 0.400. The summed E-state index contributed by atoms with van der Waals surface area (Å²) in [7, 11) is 0. The number of benzene rings is 2. The van der Waals surface area contributed by atoms with Crippen molar-refractivity contribution in [1.29, 1.82) is 0 Å². The van der Waals surface area contributed by atoms with E-state index in [1.54, 1.807) is 0 Å². The Bertz CT molecular complexity index is 574. The van der Waals surface area contributed by atoms with Gasteiger partial charge in [0.05, 0.1) is 0 Å². The molecule has 0 amide bonds. The Morgan fingerprint density at radius 3 is 2.24 bits per heavy atom. The lowest BCUT2D eigenvalue weighted by molar-refractivity contribution is 0.456. The molecule has 1 nitrogen and oxygen atoms in total. The second kappa shape index (κ2) is 7.42. The van der Waals surface area contributed by atoms with Gasteiger partial charge in [0.1, 0.15) is 0 Å². The number of aryl methyl sites for hydroxylation is 3. The van der Waals surface area contributed by atoms with Crippen molar-refractivity contribution in [2.45, 2.75) is 52.6 Å². The van der Waals surface area contributed by atoms with Gasteiger partial charge >= 0.3 is 0 Å². The molecule has 112 valence electrons. The molecule has 0 heterocycles. The highest BCUT2D eigenvalue weighted by Gasteiger charge is 2.09. The summed E-state index contributed by atoms with van der Waals surface area (Å²) in [4.78, 5) is 0. The molecule has 2 rings (SSSR count). The van der Waals surface area contributed by atoms with Gasteiger partial charge in [-0.25, -0.2) is 0 Å². The largest absolute Gasteiger partial charge is 0.308 e. The molecule has 1 N–H and O–H groups in total. The van der Waals surface area contributed by atoms with Crippen LogP contribution in [-0.2, 0) is 6.42 Å². The van der Waals surface area contributed by atoms with Gasteiger partial charge in [-0.05, 0) is 51.7 Å². The quantitative estimate of drug-likeness (QED) is 0.787. The number of rotatable bonds is 6. The fourth-order valence-corrected chi connectivity index (χ4v) is 2.80. The molecule has 21 heavy (non-hydrogen) atoms. The van der Waals surface area contributed by atoms with E-state index in [1.807, 2.05) is 0 Å². The topological polar surface area (TPSA) is 12.0 Å². The molecule has 0 saturated heterocycles. The van der Waals surface area contributed by atoms with Crippen molar-refractivity contribution in [3.8, 4) is 0 Å². The third kappa shape index (κ3) is 5.02. The summed E-state index contributed by atoms with van der Waals surface area (Å²) < 4.78 is 0. The molecule has 2 aromatic rings. The maximum absolute atomic E-state index is 3.71. The monoisotopic (exact) mass is 281 g/mol. The Balaban J connectivity index is 1.85. The average molecular weight is 281 g/mol. The predicted molar refractivity (Wildman–Crippen MR) is 91.7 cm³/mol. The summed E-state index contributed by atoms with van der Waals surface area (Å²) in [6, 6.07) is 18.5. The Kier molecular flexibility index (Phi) is 5.58. The maximum atomic E-state index is 3.71. The molecule has 0 saturated carbocycles. The van der Waals surface area contributed by atoms with Crippen LogP contribution in [0.25, 0.3) is 0 Å². The third-order valence-electron chi connectivity index (χ3n) is 4.03. The highest BCUT2D eigenvalue weighted by atomic mass is 14.9. The van der Waals surface area contributed by atoms with Gasteiger partial charge in [-0.2, -0.15) is 0 Å². The lowest BCUT2D eigenvalue weighted by Crippen LogP contribution is -2.29. The van der Waals surface area contributed by atoms with E-state index in [9.17, 15) is 0 Å². The minimum absolute atomic E-state index is 0.400. The minimum Gasteiger partial charge on any atom is -0.308 e. The molecule has 0 aliphatic carbocycles. The van der Waals surface area contributed by atoms with Gasteiger partial charge in [-0.15, -0.1) is 0 Å². The first-order valence-electron chi connectivity index (χ1n) is 7.93. The van der Waals surface area contributed by atoms with Gasteiger partial charge in [0.25, 0.3) is 0 Å². The van der Waals surface area contributed by atoms with Crippen LogP contribution in [0.4, 0.5) is 0 Å². The van der Waals surface area contributed by atoms with Crippen LogP contribution in [0.3, 0.4) is 0 Å². The molecule has 1 heteroatoms. The molecule has 2 atom stereocenters. The van der Waals surface area contributed by atoms with Crippen LogP contribution in [0.2, 0.25) is 0 Å². The molecule has 0 aromatic heterocycles. The number of hydrogen-bond acceptors (Lipinski definition) is 1. The summed E-state index contributed by atoms with van der Waals surface area (Å²) in [6.45, 7) is 8.84.